The predicted molar refractivity (Wildman–Crippen MR) is 87.0 cm³/mol. The molecule has 0 aromatic heterocycles. The van der Waals surface area contributed by atoms with Gasteiger partial charge < -0.3 is 5.32 Å². The van der Waals surface area contributed by atoms with Gasteiger partial charge in [0.05, 0.1) is 27.4 Å². The van der Waals surface area contributed by atoms with Crippen LogP contribution < -0.4 is 5.32 Å². The van der Waals surface area contributed by atoms with Crippen LogP contribution in [0.15, 0.2) is 23.1 Å². The highest BCUT2D eigenvalue weighted by Gasteiger charge is 2.33. The predicted octanol–water partition coefficient (Wildman–Crippen LogP) is -0.420. The first-order valence-electron chi connectivity index (χ1n) is 7.07. The molecule has 1 atom stereocenters. The zero-order valence-electron chi connectivity index (χ0n) is 13.0. The number of amides is 1. The molecule has 1 fully saturated rings. The summed E-state index contributed by atoms with van der Waals surface area (Å²) < 4.78 is 47.3. The number of hydrogen-bond acceptors (Lipinski definition) is 9. The largest absolute Gasteiger partial charge is 0.351 e. The van der Waals surface area contributed by atoms with E-state index in [1.54, 1.807) is 0 Å². The first-order chi connectivity index (χ1) is 11.9. The Hall–Kier alpha value is -2.61. The standard InChI is InChI=1S/C12H13N3O9S2/c16-12(13-8-3-4-25(21,22)6-8)7-26(23,24)11-2-1-9(14(17)18)5-10(11)15(19)20/h1-2,5,8H,3-4,6-7H2,(H,13,16). The minimum absolute atomic E-state index is 0.126. The van der Waals surface area contributed by atoms with Crippen molar-refractivity contribution in [2.24, 2.45) is 0 Å². The van der Waals surface area contributed by atoms with Gasteiger partial charge in [-0.3, -0.25) is 25.0 Å². The van der Waals surface area contributed by atoms with Crippen molar-refractivity contribution in [1.82, 2.24) is 5.32 Å². The Labute approximate surface area is 147 Å². The van der Waals surface area contributed by atoms with Gasteiger partial charge in [0.25, 0.3) is 11.4 Å². The number of non-ortho nitro benzene ring substituents is 1. The lowest BCUT2D eigenvalue weighted by atomic mass is 10.3. The van der Waals surface area contributed by atoms with Crippen LogP contribution in [0.2, 0.25) is 0 Å². The van der Waals surface area contributed by atoms with Crippen LogP contribution in [0.3, 0.4) is 0 Å². The number of carbonyl (C=O) groups is 1. The van der Waals surface area contributed by atoms with Gasteiger partial charge in [0, 0.05) is 12.1 Å². The Morgan fingerprint density at radius 3 is 2.38 bits per heavy atom. The second-order valence-electron chi connectivity index (χ2n) is 5.59. The van der Waals surface area contributed by atoms with Crippen molar-refractivity contribution in [3.8, 4) is 0 Å². The van der Waals surface area contributed by atoms with Crippen LogP contribution in [0.25, 0.3) is 0 Å². The fourth-order valence-corrected chi connectivity index (χ4v) is 5.44. The number of nitro groups is 2. The molecule has 1 amide bonds. The summed E-state index contributed by atoms with van der Waals surface area (Å²) in [6.45, 7) is 0. The van der Waals surface area contributed by atoms with E-state index in [1.807, 2.05) is 0 Å². The Bertz CT molecular complexity index is 985. The Balaban J connectivity index is 2.23. The Morgan fingerprint density at radius 1 is 1.23 bits per heavy atom. The number of benzene rings is 1. The van der Waals surface area contributed by atoms with Crippen LogP contribution in [0.1, 0.15) is 6.42 Å². The number of rotatable bonds is 6. The molecule has 1 heterocycles. The minimum atomic E-state index is -4.47. The van der Waals surface area contributed by atoms with Gasteiger partial charge in [0.15, 0.2) is 19.7 Å². The molecular formula is C12H13N3O9S2. The van der Waals surface area contributed by atoms with Crippen LogP contribution in [0.4, 0.5) is 11.4 Å². The number of nitrogens with zero attached hydrogens (tertiary/aromatic N) is 2. The number of hydrogen-bond donors (Lipinski definition) is 1. The Kier molecular flexibility index (Phi) is 5.27. The summed E-state index contributed by atoms with van der Waals surface area (Å²) in [5.41, 5.74) is -1.69. The van der Waals surface area contributed by atoms with E-state index in [2.05, 4.69) is 5.32 Å². The molecule has 0 saturated carbocycles. The summed E-state index contributed by atoms with van der Waals surface area (Å²) in [7, 11) is -7.76. The number of nitrogens with one attached hydrogen (secondary N) is 1. The molecule has 14 heteroatoms. The maximum Gasteiger partial charge on any atom is 0.294 e. The molecule has 1 aliphatic heterocycles. The highest BCUT2D eigenvalue weighted by molar-refractivity contribution is 7.92. The van der Waals surface area contributed by atoms with E-state index in [-0.39, 0.29) is 17.9 Å². The minimum Gasteiger partial charge on any atom is -0.351 e. The van der Waals surface area contributed by atoms with Crippen LogP contribution in [0.5, 0.6) is 0 Å². The maximum atomic E-state index is 12.3. The fraction of sp³-hybridized carbons (Fsp3) is 0.417. The third kappa shape index (κ3) is 4.51. The van der Waals surface area contributed by atoms with Crippen molar-refractivity contribution in [2.75, 3.05) is 17.3 Å². The zero-order chi connectivity index (χ0) is 19.7. The zero-order valence-corrected chi connectivity index (χ0v) is 14.7. The van der Waals surface area contributed by atoms with Crippen molar-refractivity contribution in [3.63, 3.8) is 0 Å². The molecule has 2 rings (SSSR count). The SMILES string of the molecule is O=C(CS(=O)(=O)c1ccc([N+](=O)[O-])cc1[N+](=O)[O-])NC1CCS(=O)(=O)C1. The summed E-state index contributed by atoms with van der Waals surface area (Å²) in [5.74, 6) is -2.60. The van der Waals surface area contributed by atoms with E-state index < -0.39 is 63.5 Å². The van der Waals surface area contributed by atoms with E-state index >= 15 is 0 Å². The van der Waals surface area contributed by atoms with Crippen molar-refractivity contribution >= 4 is 37.0 Å². The van der Waals surface area contributed by atoms with Gasteiger partial charge in [-0.1, -0.05) is 0 Å². The molecular weight excluding hydrogens is 394 g/mol. The van der Waals surface area contributed by atoms with Crippen molar-refractivity contribution < 1.29 is 31.5 Å². The normalized spacial score (nSPS) is 19.0. The lowest BCUT2D eigenvalue weighted by Crippen LogP contribution is -2.39. The number of nitro benzene ring substituents is 2. The van der Waals surface area contributed by atoms with Gasteiger partial charge in [0.2, 0.25) is 5.91 Å². The molecule has 0 spiro atoms. The Morgan fingerprint density at radius 2 is 1.88 bits per heavy atom. The lowest BCUT2D eigenvalue weighted by Gasteiger charge is -2.11. The van der Waals surface area contributed by atoms with Crippen LogP contribution in [-0.2, 0) is 24.5 Å². The second-order valence-corrected chi connectivity index (χ2v) is 9.78. The lowest BCUT2D eigenvalue weighted by molar-refractivity contribution is -0.396. The van der Waals surface area contributed by atoms with Crippen LogP contribution >= 0.6 is 0 Å². The molecule has 1 aliphatic rings. The van der Waals surface area contributed by atoms with Gasteiger partial charge in [-0.2, -0.15) is 0 Å². The summed E-state index contributed by atoms with van der Waals surface area (Å²) in [4.78, 5) is 30.8. The van der Waals surface area contributed by atoms with Crippen molar-refractivity contribution in [3.05, 3.63) is 38.4 Å². The molecule has 0 bridgehead atoms. The molecule has 0 aliphatic carbocycles. The highest BCUT2D eigenvalue weighted by Crippen LogP contribution is 2.29. The molecule has 142 valence electrons. The van der Waals surface area contributed by atoms with Gasteiger partial charge in [-0.15, -0.1) is 0 Å². The first kappa shape index (κ1) is 19.7. The van der Waals surface area contributed by atoms with E-state index in [1.165, 1.54) is 0 Å². The second kappa shape index (κ2) is 6.95. The average molecular weight is 407 g/mol. The summed E-state index contributed by atoms with van der Waals surface area (Å²) in [5, 5.41) is 24.0. The number of carbonyl (C=O) groups excluding carboxylic acids is 1. The van der Waals surface area contributed by atoms with Crippen molar-refractivity contribution in [1.29, 1.82) is 0 Å². The van der Waals surface area contributed by atoms with E-state index in [0.29, 0.717) is 12.1 Å². The molecule has 1 N–H and O–H groups in total. The number of sulfone groups is 2. The molecule has 1 unspecified atom stereocenters. The molecule has 1 saturated heterocycles. The van der Waals surface area contributed by atoms with E-state index in [9.17, 15) is 41.9 Å². The van der Waals surface area contributed by atoms with E-state index in [4.69, 9.17) is 0 Å². The maximum absolute atomic E-state index is 12.3. The monoisotopic (exact) mass is 407 g/mol. The fourth-order valence-electron chi connectivity index (χ4n) is 2.45. The smallest absolute Gasteiger partial charge is 0.294 e. The third-order valence-corrected chi connectivity index (χ3v) is 7.03. The van der Waals surface area contributed by atoms with Gasteiger partial charge in [-0.05, 0) is 12.5 Å². The molecule has 12 nitrogen and oxygen atoms in total. The van der Waals surface area contributed by atoms with Gasteiger partial charge in [0.1, 0.15) is 10.6 Å². The summed E-state index contributed by atoms with van der Waals surface area (Å²) >= 11 is 0. The molecule has 26 heavy (non-hydrogen) atoms. The summed E-state index contributed by atoms with van der Waals surface area (Å²) in [6.07, 6.45) is 0.145. The highest BCUT2D eigenvalue weighted by atomic mass is 32.2. The topological polar surface area (TPSA) is 184 Å². The first-order valence-corrected chi connectivity index (χ1v) is 10.5. The van der Waals surface area contributed by atoms with Gasteiger partial charge >= 0.3 is 0 Å². The molecule has 0 radical (unpaired) electrons. The van der Waals surface area contributed by atoms with Crippen molar-refractivity contribution in [2.45, 2.75) is 17.4 Å². The molecule has 1 aromatic carbocycles. The molecule has 1 aromatic rings. The van der Waals surface area contributed by atoms with E-state index in [0.717, 1.165) is 6.07 Å². The quantitative estimate of drug-likeness (QED) is 0.483. The average Bonchev–Trinajstić information content (AvgIpc) is 2.84. The van der Waals surface area contributed by atoms with Gasteiger partial charge in [-0.25, -0.2) is 16.8 Å². The van der Waals surface area contributed by atoms with Crippen LogP contribution in [-0.4, -0.2) is 55.9 Å². The third-order valence-electron chi connectivity index (χ3n) is 3.60. The van der Waals surface area contributed by atoms with Crippen LogP contribution in [0, 0.1) is 20.2 Å². The summed E-state index contributed by atoms with van der Waals surface area (Å²) in [6, 6.07) is 1.24.